The van der Waals surface area contributed by atoms with Gasteiger partial charge in [-0.05, 0) is 42.3 Å². The van der Waals surface area contributed by atoms with Gasteiger partial charge in [-0.1, -0.05) is 12.1 Å². The van der Waals surface area contributed by atoms with Crippen LogP contribution in [0.5, 0.6) is 5.75 Å². The number of nitrogens with two attached hydrogens (primary N) is 1. The van der Waals surface area contributed by atoms with E-state index < -0.39 is 35.0 Å². The molecule has 13 nitrogen and oxygen atoms in total. The van der Waals surface area contributed by atoms with Crippen molar-refractivity contribution in [1.82, 2.24) is 25.0 Å². The molecule has 1 atom stereocenters. The molecule has 0 saturated heterocycles. The van der Waals surface area contributed by atoms with E-state index in [1.54, 1.807) is 12.1 Å². The van der Waals surface area contributed by atoms with Gasteiger partial charge in [0.25, 0.3) is 0 Å². The Morgan fingerprint density at radius 1 is 1.23 bits per heavy atom. The highest BCUT2D eigenvalue weighted by Crippen LogP contribution is 2.30. The molecule has 0 aliphatic carbocycles. The van der Waals surface area contributed by atoms with Crippen LogP contribution in [0.3, 0.4) is 0 Å². The lowest BCUT2D eigenvalue weighted by molar-refractivity contribution is -0.122. The third kappa shape index (κ3) is 5.59. The van der Waals surface area contributed by atoms with E-state index in [4.69, 9.17) is 10.4 Å². The average molecular weight is 500 g/mol. The van der Waals surface area contributed by atoms with Gasteiger partial charge < -0.3 is 25.8 Å². The summed E-state index contributed by atoms with van der Waals surface area (Å²) in [5.74, 6) is -2.47. The first-order chi connectivity index (χ1) is 16.6. The number of aromatic nitrogens is 3. The van der Waals surface area contributed by atoms with Crippen molar-refractivity contribution in [2.45, 2.75) is 30.3 Å². The predicted octanol–water partition coefficient (Wildman–Crippen LogP) is -0.823. The van der Waals surface area contributed by atoms with E-state index in [2.05, 4.69) is 20.2 Å². The highest BCUT2D eigenvalue weighted by molar-refractivity contribution is 7.89. The molecule has 15 heteroatoms. The van der Waals surface area contributed by atoms with E-state index in [0.29, 0.717) is 11.3 Å². The number of amides is 1. The zero-order valence-corrected chi connectivity index (χ0v) is 19.0. The maximum atomic E-state index is 12.5. The number of anilines is 1. The molecule has 3 aromatic rings. The molecule has 0 unspecified atom stereocenters. The van der Waals surface area contributed by atoms with Crippen LogP contribution in [0.15, 0.2) is 53.6 Å². The molecule has 0 radical (unpaired) electrons. The summed E-state index contributed by atoms with van der Waals surface area (Å²) in [5, 5.41) is 30.2. The number of fused-ring (bicyclic) bond motifs is 1. The Bertz CT molecular complexity index is 1360. The minimum atomic E-state index is -3.79. The number of hydrogen-bond donors (Lipinski definition) is 5. The van der Waals surface area contributed by atoms with Gasteiger partial charge in [-0.15, -0.1) is 0 Å². The number of hydrogen-bond acceptors (Lipinski definition) is 9. The number of para-hydroxylation sites is 1. The third-order valence-corrected chi connectivity index (χ3v) is 6.62. The number of carboxylic acid groups (broad SMARTS) is 1. The van der Waals surface area contributed by atoms with E-state index in [1.165, 1.54) is 36.5 Å². The average Bonchev–Trinajstić information content (AvgIpc) is 3.25. The maximum Gasteiger partial charge on any atom is 0.547 e. The molecule has 2 aromatic carbocycles. The molecular formula is C20H21BN6O7S. The molecule has 4 rings (SSSR count). The number of sulfonamides is 1. The fraction of sp³-hybridized carbons (Fsp3) is 0.200. The van der Waals surface area contributed by atoms with Gasteiger partial charge in [-0.25, -0.2) is 17.9 Å². The second-order valence-electron chi connectivity index (χ2n) is 7.75. The summed E-state index contributed by atoms with van der Waals surface area (Å²) in [6.45, 7) is -0.442. The van der Waals surface area contributed by atoms with Crippen molar-refractivity contribution in [2.75, 3.05) is 5.73 Å². The van der Waals surface area contributed by atoms with Crippen molar-refractivity contribution in [3.05, 3.63) is 65.5 Å². The van der Waals surface area contributed by atoms with Gasteiger partial charge in [0.15, 0.2) is 0 Å². The number of rotatable bonds is 8. The number of aromatic carboxylic acids is 1. The Labute approximate surface area is 200 Å². The van der Waals surface area contributed by atoms with Crippen LogP contribution in [0.1, 0.15) is 21.6 Å². The van der Waals surface area contributed by atoms with Gasteiger partial charge in [0.05, 0.1) is 34.8 Å². The molecule has 0 saturated carbocycles. The number of carbonyl (C=O) groups is 2. The largest absolute Gasteiger partial charge is 0.547 e. The second-order valence-corrected chi connectivity index (χ2v) is 9.51. The Hall–Kier alpha value is -3.95. The molecular weight excluding hydrogens is 479 g/mol. The van der Waals surface area contributed by atoms with Gasteiger partial charge in [0, 0.05) is 5.69 Å². The van der Waals surface area contributed by atoms with Crippen molar-refractivity contribution in [1.29, 1.82) is 0 Å². The lowest BCUT2D eigenvalue weighted by Gasteiger charge is -2.28. The lowest BCUT2D eigenvalue weighted by atomic mass is 9.72. The SMILES string of the molecule is Nc1ccc(S(=O)(=O)NCc2cnn(CC(=O)N[C@H]3Cc4cccc(C(=O)O)c4OB3O)n2)cc1. The molecule has 1 aromatic heterocycles. The van der Waals surface area contributed by atoms with Gasteiger partial charge >= 0.3 is 13.1 Å². The number of nitrogen functional groups attached to an aromatic ring is 1. The van der Waals surface area contributed by atoms with Gasteiger partial charge in [-0.3, -0.25) is 4.79 Å². The monoisotopic (exact) mass is 500 g/mol. The van der Waals surface area contributed by atoms with Crippen molar-refractivity contribution in [3.8, 4) is 5.75 Å². The predicted molar refractivity (Wildman–Crippen MR) is 123 cm³/mol. The fourth-order valence-corrected chi connectivity index (χ4v) is 4.49. The molecule has 1 aliphatic heterocycles. The molecule has 0 spiro atoms. The smallest absolute Gasteiger partial charge is 0.534 e. The number of nitrogens with one attached hydrogen (secondary N) is 2. The van der Waals surface area contributed by atoms with Gasteiger partial charge in [0.2, 0.25) is 15.9 Å². The Kier molecular flexibility index (Phi) is 6.73. The summed E-state index contributed by atoms with van der Waals surface area (Å²) in [6.07, 6.45) is 1.48. The highest BCUT2D eigenvalue weighted by Gasteiger charge is 2.37. The van der Waals surface area contributed by atoms with E-state index in [-0.39, 0.29) is 41.4 Å². The maximum absolute atomic E-state index is 12.5. The van der Waals surface area contributed by atoms with Crippen molar-refractivity contribution in [2.24, 2.45) is 0 Å². The van der Waals surface area contributed by atoms with Crippen LogP contribution in [0, 0.1) is 0 Å². The van der Waals surface area contributed by atoms with Crippen LogP contribution < -0.4 is 20.4 Å². The Morgan fingerprint density at radius 2 is 1.97 bits per heavy atom. The normalized spacial score (nSPS) is 15.2. The number of carbonyl (C=O) groups excluding carboxylic acids is 1. The van der Waals surface area contributed by atoms with Gasteiger partial charge in [-0.2, -0.15) is 15.0 Å². The first-order valence-electron chi connectivity index (χ1n) is 10.4. The molecule has 2 heterocycles. The first kappa shape index (κ1) is 24.2. The number of nitrogens with zero attached hydrogens (tertiary/aromatic N) is 3. The third-order valence-electron chi connectivity index (χ3n) is 5.20. The minimum absolute atomic E-state index is 0.0452. The van der Waals surface area contributed by atoms with Crippen LogP contribution in [0.25, 0.3) is 0 Å². The molecule has 0 fully saturated rings. The standard InChI is InChI=1S/C20H21BN6O7S/c22-13-4-6-15(7-5-13)35(32,33)24-10-14-9-23-27(26-14)11-18(28)25-17-8-12-2-1-3-16(20(29)30)19(12)34-21(17)31/h1-7,9,17,24,31H,8,10-11,22H2,(H,25,28)(H,29,30)/t17-/m0/s1. The second kappa shape index (κ2) is 9.73. The van der Waals surface area contributed by atoms with Crippen molar-refractivity contribution in [3.63, 3.8) is 0 Å². The Balaban J connectivity index is 1.33. The van der Waals surface area contributed by atoms with E-state index in [1.807, 2.05) is 0 Å². The zero-order valence-electron chi connectivity index (χ0n) is 18.2. The van der Waals surface area contributed by atoms with Crippen LogP contribution >= 0.6 is 0 Å². The number of benzene rings is 2. The fourth-order valence-electron chi connectivity index (χ4n) is 3.49. The zero-order chi connectivity index (χ0) is 25.2. The summed E-state index contributed by atoms with van der Waals surface area (Å²) in [5.41, 5.74) is 6.75. The summed E-state index contributed by atoms with van der Waals surface area (Å²) in [6, 6.07) is 10.3. The molecule has 1 aliphatic rings. The molecule has 35 heavy (non-hydrogen) atoms. The molecule has 0 bridgehead atoms. The summed E-state index contributed by atoms with van der Waals surface area (Å²) >= 11 is 0. The Morgan fingerprint density at radius 3 is 2.69 bits per heavy atom. The minimum Gasteiger partial charge on any atom is -0.534 e. The number of carboxylic acids is 1. The van der Waals surface area contributed by atoms with Crippen molar-refractivity contribution < 1.29 is 32.8 Å². The summed E-state index contributed by atoms with van der Waals surface area (Å²) in [7, 11) is -5.24. The van der Waals surface area contributed by atoms with Crippen LogP contribution in [-0.4, -0.2) is 58.5 Å². The van der Waals surface area contributed by atoms with Crippen molar-refractivity contribution >= 4 is 34.7 Å². The quantitative estimate of drug-likeness (QED) is 0.192. The highest BCUT2D eigenvalue weighted by atomic mass is 32.2. The summed E-state index contributed by atoms with van der Waals surface area (Å²) in [4.78, 5) is 24.9. The van der Waals surface area contributed by atoms with Crippen LogP contribution in [0.2, 0.25) is 0 Å². The van der Waals surface area contributed by atoms with E-state index >= 15 is 0 Å². The van der Waals surface area contributed by atoms with E-state index in [0.717, 1.165) is 4.80 Å². The van der Waals surface area contributed by atoms with Crippen LogP contribution in [-0.2, 0) is 34.3 Å². The van der Waals surface area contributed by atoms with Crippen LogP contribution in [0.4, 0.5) is 5.69 Å². The van der Waals surface area contributed by atoms with E-state index in [9.17, 15) is 28.1 Å². The summed E-state index contributed by atoms with van der Waals surface area (Å²) < 4.78 is 32.5. The molecule has 182 valence electrons. The topological polar surface area (TPSA) is 199 Å². The molecule has 1 amide bonds. The molecule has 6 N–H and O–H groups in total. The van der Waals surface area contributed by atoms with Gasteiger partial charge in [0.1, 0.15) is 12.3 Å². The first-order valence-corrected chi connectivity index (χ1v) is 11.8. The lowest BCUT2D eigenvalue weighted by Crippen LogP contribution is -2.53.